The van der Waals surface area contributed by atoms with Crippen molar-refractivity contribution in [3.63, 3.8) is 0 Å². The topological polar surface area (TPSA) is 26.3 Å². The van der Waals surface area contributed by atoms with Crippen LogP contribution in [0.2, 0.25) is 0 Å². The largest absolute Gasteiger partial charge is 0.466 e. The van der Waals surface area contributed by atoms with E-state index in [1.807, 2.05) is 6.92 Å². The number of rotatable bonds is 2. The van der Waals surface area contributed by atoms with E-state index in [0.717, 1.165) is 12.8 Å². The Bertz CT molecular complexity index is 160. The van der Waals surface area contributed by atoms with Crippen molar-refractivity contribution < 1.29 is 9.53 Å². The van der Waals surface area contributed by atoms with Crippen molar-refractivity contribution in [1.29, 1.82) is 0 Å². The van der Waals surface area contributed by atoms with E-state index in [1.54, 1.807) is 0 Å². The molecule has 0 aliphatic heterocycles. The summed E-state index contributed by atoms with van der Waals surface area (Å²) in [6.07, 6.45) is 2.32. The molecule has 0 bridgehead atoms. The fraction of sp³-hybridized carbons (Fsp3) is 0.889. The van der Waals surface area contributed by atoms with E-state index < -0.39 is 0 Å². The first-order chi connectivity index (χ1) is 5.66. The molecule has 0 N–H and O–H groups in total. The Balaban J connectivity index is 2.53. The first-order valence-corrected chi connectivity index (χ1v) is 5.72. The van der Waals surface area contributed by atoms with Crippen LogP contribution in [0.3, 0.4) is 0 Å². The quantitative estimate of drug-likeness (QED) is 0.441. The summed E-state index contributed by atoms with van der Waals surface area (Å²) in [4.78, 5) is 11.4. The summed E-state index contributed by atoms with van der Waals surface area (Å²) in [5, 5.41) is 0. The third kappa shape index (κ3) is 2.12. The van der Waals surface area contributed by atoms with E-state index in [-0.39, 0.29) is 11.9 Å². The summed E-state index contributed by atoms with van der Waals surface area (Å²) in [6.45, 7) is 4.51. The monoisotopic (exact) mass is 282 g/mol. The zero-order valence-electron chi connectivity index (χ0n) is 7.55. The second-order valence-corrected chi connectivity index (χ2v) is 4.95. The summed E-state index contributed by atoms with van der Waals surface area (Å²) in [5.74, 6) is 0.651. The van der Waals surface area contributed by atoms with Gasteiger partial charge in [0.1, 0.15) is 0 Å². The molecule has 3 unspecified atom stereocenters. The van der Waals surface area contributed by atoms with Crippen LogP contribution in [-0.4, -0.2) is 16.5 Å². The Morgan fingerprint density at radius 1 is 1.58 bits per heavy atom. The van der Waals surface area contributed by atoms with Crippen molar-refractivity contribution >= 4 is 28.6 Å². The molecule has 0 aromatic heterocycles. The lowest BCUT2D eigenvalue weighted by Crippen LogP contribution is -2.25. The summed E-state index contributed by atoms with van der Waals surface area (Å²) >= 11 is 2.36. The molecule has 3 atom stereocenters. The maximum absolute atomic E-state index is 11.4. The molecule has 0 aromatic rings. The van der Waals surface area contributed by atoms with Crippen LogP contribution in [0.4, 0.5) is 0 Å². The molecule has 1 saturated carbocycles. The number of carbonyl (C=O) groups is 1. The van der Waals surface area contributed by atoms with Crippen LogP contribution in [0, 0.1) is 11.8 Å². The Kier molecular flexibility index (Phi) is 3.80. The van der Waals surface area contributed by atoms with Crippen LogP contribution in [-0.2, 0) is 9.53 Å². The first kappa shape index (κ1) is 10.3. The van der Waals surface area contributed by atoms with Gasteiger partial charge in [-0.05, 0) is 25.7 Å². The highest BCUT2D eigenvalue weighted by Gasteiger charge is 2.37. The van der Waals surface area contributed by atoms with E-state index in [9.17, 15) is 4.79 Å². The number of esters is 1. The van der Waals surface area contributed by atoms with Crippen molar-refractivity contribution in [2.24, 2.45) is 11.8 Å². The third-order valence-corrected chi connectivity index (χ3v) is 3.86. The highest BCUT2D eigenvalue weighted by atomic mass is 127. The molecule has 1 fully saturated rings. The maximum Gasteiger partial charge on any atom is 0.310 e. The molecule has 1 rings (SSSR count). The second kappa shape index (κ2) is 4.44. The van der Waals surface area contributed by atoms with Gasteiger partial charge >= 0.3 is 5.97 Å². The summed E-state index contributed by atoms with van der Waals surface area (Å²) in [6, 6.07) is 0. The lowest BCUT2D eigenvalue weighted by Gasteiger charge is -2.16. The number of carbonyl (C=O) groups excluding carboxylic acids is 1. The third-order valence-electron chi connectivity index (χ3n) is 2.46. The molecule has 1 aliphatic carbocycles. The molecule has 0 heterocycles. The van der Waals surface area contributed by atoms with Gasteiger partial charge in [-0.3, -0.25) is 4.79 Å². The Hall–Kier alpha value is 0.200. The smallest absolute Gasteiger partial charge is 0.310 e. The number of ether oxygens (including phenoxy) is 1. The van der Waals surface area contributed by atoms with Crippen molar-refractivity contribution in [3.8, 4) is 0 Å². The van der Waals surface area contributed by atoms with Gasteiger partial charge in [-0.2, -0.15) is 0 Å². The van der Waals surface area contributed by atoms with E-state index >= 15 is 0 Å². The molecule has 0 amide bonds. The Labute approximate surface area is 87.2 Å². The van der Waals surface area contributed by atoms with Crippen LogP contribution in [0.1, 0.15) is 26.7 Å². The average Bonchev–Trinajstić information content (AvgIpc) is 2.32. The first-order valence-electron chi connectivity index (χ1n) is 4.47. The van der Waals surface area contributed by atoms with Crippen molar-refractivity contribution in [2.45, 2.75) is 30.6 Å². The van der Waals surface area contributed by atoms with Gasteiger partial charge in [0.15, 0.2) is 0 Å². The molecule has 1 aliphatic rings. The standard InChI is InChI=1S/C9H15IO2/c1-3-12-9(11)8-6(2)4-5-7(8)10/h6-8H,3-5H2,1-2H3. The lowest BCUT2D eigenvalue weighted by molar-refractivity contribution is -0.148. The molecule has 0 saturated heterocycles. The van der Waals surface area contributed by atoms with Crippen LogP contribution in [0.5, 0.6) is 0 Å². The average molecular weight is 282 g/mol. The number of hydrogen-bond acceptors (Lipinski definition) is 2. The zero-order valence-corrected chi connectivity index (χ0v) is 9.71. The highest BCUT2D eigenvalue weighted by molar-refractivity contribution is 14.1. The predicted octanol–water partition coefficient (Wildman–Crippen LogP) is 2.40. The number of alkyl halides is 1. The van der Waals surface area contributed by atoms with Crippen LogP contribution >= 0.6 is 22.6 Å². The summed E-state index contributed by atoms with van der Waals surface area (Å²) in [5.41, 5.74) is 0. The van der Waals surface area contributed by atoms with Crippen LogP contribution in [0.25, 0.3) is 0 Å². The van der Waals surface area contributed by atoms with Gasteiger partial charge in [-0.1, -0.05) is 29.5 Å². The van der Waals surface area contributed by atoms with Gasteiger partial charge in [-0.25, -0.2) is 0 Å². The second-order valence-electron chi connectivity index (χ2n) is 3.35. The maximum atomic E-state index is 11.4. The van der Waals surface area contributed by atoms with Crippen LogP contribution in [0.15, 0.2) is 0 Å². The Morgan fingerprint density at radius 2 is 2.25 bits per heavy atom. The molecule has 0 radical (unpaired) electrons. The molecule has 70 valence electrons. The molecular formula is C9H15IO2. The normalized spacial score (nSPS) is 35.1. The molecule has 0 spiro atoms. The van der Waals surface area contributed by atoms with E-state index in [4.69, 9.17) is 4.74 Å². The van der Waals surface area contributed by atoms with Gasteiger partial charge in [0.05, 0.1) is 12.5 Å². The molecular weight excluding hydrogens is 267 g/mol. The van der Waals surface area contributed by atoms with Gasteiger partial charge in [0.25, 0.3) is 0 Å². The minimum Gasteiger partial charge on any atom is -0.466 e. The van der Waals surface area contributed by atoms with Crippen molar-refractivity contribution in [1.82, 2.24) is 0 Å². The fourth-order valence-electron chi connectivity index (χ4n) is 1.76. The number of halogens is 1. The minimum absolute atomic E-state index is 0.00176. The Morgan fingerprint density at radius 3 is 2.67 bits per heavy atom. The van der Waals surface area contributed by atoms with Gasteiger partial charge in [0, 0.05) is 3.92 Å². The molecule has 0 aromatic carbocycles. The molecule has 2 nitrogen and oxygen atoms in total. The predicted molar refractivity (Wildman–Crippen MR) is 56.3 cm³/mol. The van der Waals surface area contributed by atoms with Crippen molar-refractivity contribution in [2.75, 3.05) is 6.61 Å². The van der Waals surface area contributed by atoms with Crippen LogP contribution < -0.4 is 0 Å². The van der Waals surface area contributed by atoms with Gasteiger partial charge < -0.3 is 4.74 Å². The molecule has 3 heteroatoms. The minimum atomic E-state index is 0.00176. The van der Waals surface area contributed by atoms with Gasteiger partial charge in [-0.15, -0.1) is 0 Å². The van der Waals surface area contributed by atoms with Gasteiger partial charge in [0.2, 0.25) is 0 Å². The number of hydrogen-bond donors (Lipinski definition) is 0. The van der Waals surface area contributed by atoms with E-state index in [2.05, 4.69) is 29.5 Å². The highest BCUT2D eigenvalue weighted by Crippen LogP contribution is 2.37. The summed E-state index contributed by atoms with van der Waals surface area (Å²) in [7, 11) is 0. The molecule has 12 heavy (non-hydrogen) atoms. The summed E-state index contributed by atoms with van der Waals surface area (Å²) < 4.78 is 5.51. The van der Waals surface area contributed by atoms with E-state index in [0.29, 0.717) is 16.4 Å². The fourth-order valence-corrected chi connectivity index (χ4v) is 3.12. The zero-order chi connectivity index (χ0) is 9.14. The lowest BCUT2D eigenvalue weighted by atomic mass is 9.99. The van der Waals surface area contributed by atoms with Crippen molar-refractivity contribution in [3.05, 3.63) is 0 Å². The van der Waals surface area contributed by atoms with E-state index in [1.165, 1.54) is 0 Å². The SMILES string of the molecule is CCOC(=O)C1C(C)CCC1I.